The number of carbonyl (C=O) groups excluding carboxylic acids is 1. The molecule has 9 nitrogen and oxygen atoms in total. The zero-order valence-corrected chi connectivity index (χ0v) is 38.8. The summed E-state index contributed by atoms with van der Waals surface area (Å²) in [5.74, 6) is -0.305. The lowest BCUT2D eigenvalue weighted by atomic mass is 9.99. The lowest BCUT2D eigenvalue weighted by molar-refractivity contribution is -0.305. The van der Waals surface area contributed by atoms with Crippen molar-refractivity contribution >= 4 is 5.97 Å². The quantitative estimate of drug-likeness (QED) is 0.0349. The van der Waals surface area contributed by atoms with E-state index in [1.807, 2.05) is 0 Å². The fourth-order valence-corrected chi connectivity index (χ4v) is 8.26. The fraction of sp³-hybridized carbons (Fsp3) is 0.980. The van der Waals surface area contributed by atoms with E-state index < -0.39 is 43.4 Å². The molecule has 4 N–H and O–H groups in total. The Hall–Kier alpha value is -0.810. The number of rotatable bonds is 45. The SMILES string of the molecule is CCCCCCCCCCCCCCCCCCCCCCCCCC(=O)OC(COCCCCCCCCCCCCCCC)COC1OC(CO)C(O)C(O)C1O. The van der Waals surface area contributed by atoms with Gasteiger partial charge >= 0.3 is 5.97 Å². The normalized spacial score (nSPS) is 20.0. The first-order valence-electron chi connectivity index (χ1n) is 25.6. The van der Waals surface area contributed by atoms with E-state index >= 15 is 0 Å². The van der Waals surface area contributed by atoms with Gasteiger partial charge in [0.1, 0.15) is 30.5 Å². The highest BCUT2D eigenvalue weighted by atomic mass is 16.7. The van der Waals surface area contributed by atoms with Gasteiger partial charge in [0, 0.05) is 13.0 Å². The molecule has 0 bridgehead atoms. The molecular formula is C50H98O9. The molecule has 0 saturated carbocycles. The summed E-state index contributed by atoms with van der Waals surface area (Å²) < 4.78 is 22.9. The molecule has 0 aliphatic carbocycles. The topological polar surface area (TPSA) is 135 Å². The second kappa shape index (κ2) is 42.5. The van der Waals surface area contributed by atoms with Crippen LogP contribution in [0.15, 0.2) is 0 Å². The first-order valence-corrected chi connectivity index (χ1v) is 25.6. The second-order valence-electron chi connectivity index (χ2n) is 18.0. The number of hydrogen-bond donors (Lipinski definition) is 4. The number of esters is 1. The number of hydrogen-bond acceptors (Lipinski definition) is 9. The highest BCUT2D eigenvalue weighted by Gasteiger charge is 2.44. The van der Waals surface area contributed by atoms with Gasteiger partial charge < -0.3 is 39.4 Å². The van der Waals surface area contributed by atoms with E-state index in [1.165, 1.54) is 199 Å². The summed E-state index contributed by atoms with van der Waals surface area (Å²) in [6, 6.07) is 0. The van der Waals surface area contributed by atoms with Crippen LogP contribution in [0.1, 0.15) is 251 Å². The molecule has 1 heterocycles. The van der Waals surface area contributed by atoms with Crippen LogP contribution in [0.25, 0.3) is 0 Å². The number of aliphatic hydroxyl groups excluding tert-OH is 4. The predicted octanol–water partition coefficient (Wildman–Crippen LogP) is 12.2. The summed E-state index contributed by atoms with van der Waals surface area (Å²) in [6.45, 7) is 4.62. The molecule has 0 amide bonds. The van der Waals surface area contributed by atoms with Crippen LogP contribution in [-0.4, -0.2) is 89.6 Å². The van der Waals surface area contributed by atoms with E-state index in [0.29, 0.717) is 13.0 Å². The summed E-state index contributed by atoms with van der Waals surface area (Å²) in [5, 5.41) is 40.2. The third-order valence-electron chi connectivity index (χ3n) is 12.3. The molecule has 1 saturated heterocycles. The summed E-state index contributed by atoms with van der Waals surface area (Å²) in [4.78, 5) is 12.8. The molecule has 352 valence electrons. The highest BCUT2D eigenvalue weighted by molar-refractivity contribution is 5.69. The molecule has 0 radical (unpaired) electrons. The maximum atomic E-state index is 12.8. The number of aliphatic hydroxyl groups is 4. The molecule has 6 unspecified atom stereocenters. The van der Waals surface area contributed by atoms with Crippen molar-refractivity contribution in [3.63, 3.8) is 0 Å². The van der Waals surface area contributed by atoms with Gasteiger partial charge in [-0.2, -0.15) is 0 Å². The van der Waals surface area contributed by atoms with E-state index in [4.69, 9.17) is 18.9 Å². The first kappa shape index (κ1) is 56.2. The molecule has 59 heavy (non-hydrogen) atoms. The van der Waals surface area contributed by atoms with Gasteiger partial charge in [-0.1, -0.05) is 232 Å². The monoisotopic (exact) mass is 843 g/mol. The Kier molecular flexibility index (Phi) is 40.5. The standard InChI is InChI=1S/C50H98O9/c1-3-5-7-9-11-13-15-17-18-19-20-21-22-23-24-25-26-27-29-31-33-35-37-39-46(52)58-44(43-57-50-49(55)48(54)47(53)45(41-51)59-50)42-56-40-38-36-34-32-30-28-16-14-12-10-8-6-4-2/h44-45,47-51,53-55H,3-43H2,1-2H3. The summed E-state index contributed by atoms with van der Waals surface area (Å²) in [5.41, 5.74) is 0. The van der Waals surface area contributed by atoms with Crippen molar-refractivity contribution in [3.05, 3.63) is 0 Å². The molecule has 0 aromatic rings. The molecule has 0 aromatic carbocycles. The average molecular weight is 843 g/mol. The maximum absolute atomic E-state index is 12.8. The largest absolute Gasteiger partial charge is 0.457 e. The maximum Gasteiger partial charge on any atom is 0.306 e. The zero-order valence-electron chi connectivity index (χ0n) is 38.8. The molecule has 1 rings (SSSR count). The minimum absolute atomic E-state index is 0.105. The number of ether oxygens (including phenoxy) is 4. The van der Waals surface area contributed by atoms with Gasteiger partial charge in [0.25, 0.3) is 0 Å². The predicted molar refractivity (Wildman–Crippen MR) is 243 cm³/mol. The molecule has 9 heteroatoms. The lowest BCUT2D eigenvalue weighted by Gasteiger charge is -2.39. The fourth-order valence-electron chi connectivity index (χ4n) is 8.26. The van der Waals surface area contributed by atoms with Crippen molar-refractivity contribution in [1.82, 2.24) is 0 Å². The van der Waals surface area contributed by atoms with Crippen molar-refractivity contribution in [2.75, 3.05) is 26.4 Å². The van der Waals surface area contributed by atoms with E-state index in [2.05, 4.69) is 13.8 Å². The molecule has 1 aliphatic heterocycles. The van der Waals surface area contributed by atoms with Gasteiger partial charge in [0.2, 0.25) is 0 Å². The smallest absolute Gasteiger partial charge is 0.306 e. The third kappa shape index (κ3) is 33.4. The Morgan fingerprint density at radius 2 is 0.831 bits per heavy atom. The van der Waals surface area contributed by atoms with Crippen molar-refractivity contribution in [2.24, 2.45) is 0 Å². The Balaban J connectivity index is 2.15. The minimum atomic E-state index is -1.53. The minimum Gasteiger partial charge on any atom is -0.457 e. The van der Waals surface area contributed by atoms with Crippen LogP contribution in [0.3, 0.4) is 0 Å². The van der Waals surface area contributed by atoms with Crippen molar-refractivity contribution in [1.29, 1.82) is 0 Å². The zero-order chi connectivity index (χ0) is 42.9. The van der Waals surface area contributed by atoms with Gasteiger partial charge in [-0.15, -0.1) is 0 Å². The van der Waals surface area contributed by atoms with Crippen molar-refractivity contribution in [2.45, 2.75) is 288 Å². The van der Waals surface area contributed by atoms with E-state index in [9.17, 15) is 25.2 Å². The Morgan fingerprint density at radius 3 is 1.20 bits per heavy atom. The van der Waals surface area contributed by atoms with Crippen LogP contribution in [0.2, 0.25) is 0 Å². The summed E-state index contributed by atoms with van der Waals surface area (Å²) in [7, 11) is 0. The third-order valence-corrected chi connectivity index (χ3v) is 12.3. The summed E-state index contributed by atoms with van der Waals surface area (Å²) in [6.07, 6.45) is 40.0. The van der Waals surface area contributed by atoms with Crippen LogP contribution >= 0.6 is 0 Å². The van der Waals surface area contributed by atoms with Gasteiger partial charge in [0.05, 0.1) is 19.8 Å². The first-order chi connectivity index (χ1) is 28.9. The van der Waals surface area contributed by atoms with Crippen LogP contribution in [0, 0.1) is 0 Å². The van der Waals surface area contributed by atoms with Crippen LogP contribution < -0.4 is 0 Å². The molecule has 0 aromatic heterocycles. The Bertz CT molecular complexity index is 873. The molecule has 0 spiro atoms. The number of carbonyl (C=O) groups is 1. The van der Waals surface area contributed by atoms with Crippen LogP contribution in [-0.2, 0) is 23.7 Å². The average Bonchev–Trinajstić information content (AvgIpc) is 3.24. The van der Waals surface area contributed by atoms with Gasteiger partial charge in [-0.05, 0) is 12.8 Å². The van der Waals surface area contributed by atoms with E-state index in [0.717, 1.165) is 32.1 Å². The second-order valence-corrected chi connectivity index (χ2v) is 18.0. The Labute approximate surface area is 363 Å². The molecule has 6 atom stereocenters. The number of unbranched alkanes of at least 4 members (excludes halogenated alkanes) is 34. The van der Waals surface area contributed by atoms with Crippen LogP contribution in [0.5, 0.6) is 0 Å². The van der Waals surface area contributed by atoms with Crippen molar-refractivity contribution in [3.8, 4) is 0 Å². The van der Waals surface area contributed by atoms with E-state index in [-0.39, 0.29) is 19.2 Å². The van der Waals surface area contributed by atoms with E-state index in [1.54, 1.807) is 0 Å². The van der Waals surface area contributed by atoms with Gasteiger partial charge in [-0.3, -0.25) is 4.79 Å². The molecule has 1 aliphatic rings. The molecule has 1 fully saturated rings. The highest BCUT2D eigenvalue weighted by Crippen LogP contribution is 2.23. The van der Waals surface area contributed by atoms with Crippen molar-refractivity contribution < 1.29 is 44.2 Å². The van der Waals surface area contributed by atoms with Crippen LogP contribution in [0.4, 0.5) is 0 Å². The lowest BCUT2D eigenvalue weighted by Crippen LogP contribution is -2.59. The van der Waals surface area contributed by atoms with Gasteiger partial charge in [-0.25, -0.2) is 0 Å². The van der Waals surface area contributed by atoms with Gasteiger partial charge in [0.15, 0.2) is 6.29 Å². The molecular weight excluding hydrogens is 745 g/mol. The Morgan fingerprint density at radius 1 is 0.475 bits per heavy atom. The summed E-state index contributed by atoms with van der Waals surface area (Å²) >= 11 is 0.